The lowest BCUT2D eigenvalue weighted by Crippen LogP contribution is -2.30. The van der Waals surface area contributed by atoms with E-state index in [0.29, 0.717) is 17.1 Å². The molecule has 0 aromatic heterocycles. The summed E-state index contributed by atoms with van der Waals surface area (Å²) in [5.74, 6) is 0. The van der Waals surface area contributed by atoms with Crippen molar-refractivity contribution in [3.63, 3.8) is 0 Å². The van der Waals surface area contributed by atoms with Crippen LogP contribution in [0, 0.1) is 0 Å². The summed E-state index contributed by atoms with van der Waals surface area (Å²) < 4.78 is 31.6. The van der Waals surface area contributed by atoms with Crippen molar-refractivity contribution in [3.8, 4) is 0 Å². The van der Waals surface area contributed by atoms with Gasteiger partial charge < -0.3 is 15.1 Å². The molecule has 0 atom stereocenters. The Labute approximate surface area is 188 Å². The Morgan fingerprint density at radius 1 is 0.688 bits per heavy atom. The van der Waals surface area contributed by atoms with Crippen molar-refractivity contribution in [2.45, 2.75) is 4.90 Å². The van der Waals surface area contributed by atoms with Gasteiger partial charge in [0.25, 0.3) is 10.1 Å². The van der Waals surface area contributed by atoms with E-state index in [1.807, 2.05) is 86.5 Å². The molecule has 0 saturated carbocycles. The maximum Gasteiger partial charge on any atom is 0.330 e. The maximum atomic E-state index is 13.3. The molecule has 0 fully saturated rings. The van der Waals surface area contributed by atoms with Crippen molar-refractivity contribution in [1.29, 1.82) is 0 Å². The van der Waals surface area contributed by atoms with Crippen molar-refractivity contribution in [2.75, 3.05) is 48.2 Å². The standard InChI is InChI=1S/C23H26N4O4S/c1-25(2)18-7-11-20(12-8-18)27(21-13-9-19(10-14-21)26(3)4)23(28)24-17-5-15-22(16-6-17)32(29,30)31/h5-16H,1-4H3,(H,24,28)(H,29,30,31). The molecule has 3 aromatic carbocycles. The van der Waals surface area contributed by atoms with Gasteiger partial charge in [-0.1, -0.05) is 0 Å². The van der Waals surface area contributed by atoms with Crippen LogP contribution in [0.25, 0.3) is 0 Å². The Morgan fingerprint density at radius 2 is 1.06 bits per heavy atom. The summed E-state index contributed by atoms with van der Waals surface area (Å²) in [6, 6.07) is 20.0. The first-order valence-electron chi connectivity index (χ1n) is 9.80. The Morgan fingerprint density at radius 3 is 1.41 bits per heavy atom. The van der Waals surface area contributed by atoms with Crippen LogP contribution in [0.3, 0.4) is 0 Å². The first-order chi connectivity index (χ1) is 15.1. The highest BCUT2D eigenvalue weighted by atomic mass is 32.2. The quantitative estimate of drug-likeness (QED) is 0.535. The fourth-order valence-corrected chi connectivity index (χ4v) is 3.55. The highest BCUT2D eigenvalue weighted by Gasteiger charge is 2.19. The number of hydrogen-bond acceptors (Lipinski definition) is 5. The molecule has 0 radical (unpaired) electrons. The molecule has 0 spiro atoms. The molecule has 0 unspecified atom stereocenters. The molecule has 2 amide bonds. The van der Waals surface area contributed by atoms with Crippen LogP contribution >= 0.6 is 0 Å². The van der Waals surface area contributed by atoms with Crippen molar-refractivity contribution in [3.05, 3.63) is 72.8 Å². The van der Waals surface area contributed by atoms with Crippen LogP contribution in [0.1, 0.15) is 0 Å². The van der Waals surface area contributed by atoms with Crippen molar-refractivity contribution in [1.82, 2.24) is 0 Å². The Balaban J connectivity index is 1.94. The average Bonchev–Trinajstić information content (AvgIpc) is 2.74. The maximum absolute atomic E-state index is 13.3. The molecule has 9 heteroatoms. The Bertz CT molecular complexity index is 1120. The summed E-state index contributed by atoms with van der Waals surface area (Å²) in [4.78, 5) is 18.5. The number of urea groups is 1. The molecule has 0 aliphatic carbocycles. The first kappa shape index (κ1) is 23.1. The first-order valence-corrected chi connectivity index (χ1v) is 11.2. The van der Waals surface area contributed by atoms with Gasteiger partial charge in [-0.25, -0.2) is 4.79 Å². The summed E-state index contributed by atoms with van der Waals surface area (Å²) in [6.45, 7) is 0. The molecule has 8 nitrogen and oxygen atoms in total. The zero-order chi connectivity index (χ0) is 23.5. The molecule has 3 aromatic rings. The third-order valence-electron chi connectivity index (χ3n) is 4.86. The van der Waals surface area contributed by atoms with E-state index < -0.39 is 16.1 Å². The van der Waals surface area contributed by atoms with E-state index >= 15 is 0 Å². The second-order valence-corrected chi connectivity index (χ2v) is 9.01. The number of nitrogens with one attached hydrogen (secondary N) is 1. The van der Waals surface area contributed by atoms with Gasteiger partial charge in [0.15, 0.2) is 0 Å². The largest absolute Gasteiger partial charge is 0.378 e. The second kappa shape index (κ2) is 9.29. The SMILES string of the molecule is CN(C)c1ccc(N(C(=O)Nc2ccc(S(=O)(=O)O)cc2)c2ccc(N(C)C)cc2)cc1. The number of amides is 2. The van der Waals surface area contributed by atoms with Crippen LogP contribution in [0.2, 0.25) is 0 Å². The van der Waals surface area contributed by atoms with Crippen LogP contribution in [0.5, 0.6) is 0 Å². The van der Waals surface area contributed by atoms with Gasteiger partial charge in [-0.15, -0.1) is 0 Å². The van der Waals surface area contributed by atoms with Gasteiger partial charge in [0.1, 0.15) is 0 Å². The van der Waals surface area contributed by atoms with E-state index in [1.165, 1.54) is 29.2 Å². The van der Waals surface area contributed by atoms with Gasteiger partial charge in [0, 0.05) is 45.3 Å². The highest BCUT2D eigenvalue weighted by molar-refractivity contribution is 7.85. The van der Waals surface area contributed by atoms with Gasteiger partial charge in [0.05, 0.1) is 16.3 Å². The summed E-state index contributed by atoms with van der Waals surface area (Å²) in [5, 5.41) is 2.78. The number of carbonyl (C=O) groups is 1. The van der Waals surface area contributed by atoms with Crippen molar-refractivity contribution in [2.24, 2.45) is 0 Å². The van der Waals surface area contributed by atoms with Crippen molar-refractivity contribution < 1.29 is 17.8 Å². The lowest BCUT2D eigenvalue weighted by atomic mass is 10.2. The van der Waals surface area contributed by atoms with E-state index in [9.17, 15) is 13.2 Å². The fourth-order valence-electron chi connectivity index (χ4n) is 3.07. The van der Waals surface area contributed by atoms with Gasteiger partial charge in [-0.2, -0.15) is 8.42 Å². The number of rotatable bonds is 6. The fraction of sp³-hybridized carbons (Fsp3) is 0.174. The summed E-state index contributed by atoms with van der Waals surface area (Å²) in [5.41, 5.74) is 3.72. The lowest BCUT2D eigenvalue weighted by molar-refractivity contribution is 0.259. The second-order valence-electron chi connectivity index (χ2n) is 7.59. The van der Waals surface area contributed by atoms with Gasteiger partial charge >= 0.3 is 6.03 Å². The Hall–Kier alpha value is -3.56. The topological polar surface area (TPSA) is 93.2 Å². The molecular formula is C23H26N4O4S. The predicted molar refractivity (Wildman–Crippen MR) is 129 cm³/mol. The number of hydrogen-bond donors (Lipinski definition) is 2. The van der Waals surface area contributed by atoms with Crippen LogP contribution in [-0.4, -0.2) is 47.2 Å². The average molecular weight is 455 g/mol. The van der Waals surface area contributed by atoms with E-state index in [1.54, 1.807) is 0 Å². The molecule has 0 bridgehead atoms. The zero-order valence-electron chi connectivity index (χ0n) is 18.4. The number of nitrogens with zero attached hydrogens (tertiary/aromatic N) is 3. The normalized spacial score (nSPS) is 11.0. The molecule has 168 valence electrons. The third kappa shape index (κ3) is 5.37. The molecule has 0 aliphatic heterocycles. The van der Waals surface area contributed by atoms with Crippen LogP contribution in [0.15, 0.2) is 77.7 Å². The van der Waals surface area contributed by atoms with Gasteiger partial charge in [0.2, 0.25) is 0 Å². The third-order valence-corrected chi connectivity index (χ3v) is 5.72. The zero-order valence-corrected chi connectivity index (χ0v) is 19.2. The van der Waals surface area contributed by atoms with E-state index in [2.05, 4.69) is 5.32 Å². The summed E-state index contributed by atoms with van der Waals surface area (Å²) in [7, 11) is 3.46. The molecular weight excluding hydrogens is 428 g/mol. The highest BCUT2D eigenvalue weighted by Crippen LogP contribution is 2.30. The Kier molecular flexibility index (Phi) is 6.71. The predicted octanol–water partition coefficient (Wildman–Crippen LogP) is 4.44. The minimum absolute atomic E-state index is 0.245. The minimum atomic E-state index is -4.30. The van der Waals surface area contributed by atoms with Crippen LogP contribution < -0.4 is 20.0 Å². The van der Waals surface area contributed by atoms with Crippen LogP contribution in [0.4, 0.5) is 33.2 Å². The molecule has 3 rings (SSSR count). The number of benzene rings is 3. The monoisotopic (exact) mass is 454 g/mol. The lowest BCUT2D eigenvalue weighted by Gasteiger charge is -2.25. The smallest absolute Gasteiger partial charge is 0.330 e. The molecule has 0 saturated heterocycles. The van der Waals surface area contributed by atoms with E-state index in [4.69, 9.17) is 4.55 Å². The summed E-state index contributed by atoms with van der Waals surface area (Å²) >= 11 is 0. The molecule has 0 heterocycles. The molecule has 2 N–H and O–H groups in total. The van der Waals surface area contributed by atoms with Gasteiger partial charge in [-0.3, -0.25) is 9.45 Å². The number of anilines is 5. The summed E-state index contributed by atoms with van der Waals surface area (Å²) in [6.07, 6.45) is 0. The van der Waals surface area contributed by atoms with Gasteiger partial charge in [-0.05, 0) is 72.8 Å². The number of carbonyl (C=O) groups excluding carboxylic acids is 1. The van der Waals surface area contributed by atoms with Crippen LogP contribution in [-0.2, 0) is 10.1 Å². The minimum Gasteiger partial charge on any atom is -0.378 e. The van der Waals surface area contributed by atoms with E-state index in [0.717, 1.165) is 11.4 Å². The molecule has 0 aliphatic rings. The van der Waals surface area contributed by atoms with E-state index in [-0.39, 0.29) is 4.90 Å². The molecule has 32 heavy (non-hydrogen) atoms. The van der Waals surface area contributed by atoms with Crippen molar-refractivity contribution >= 4 is 44.6 Å².